The number of carbonyl (C=O) groups excluding carboxylic acids is 1. The smallest absolute Gasteiger partial charge is 0.324 e. The second-order valence-corrected chi connectivity index (χ2v) is 8.23. The van der Waals surface area contributed by atoms with Crippen LogP contribution in [-0.4, -0.2) is 20.6 Å². The summed E-state index contributed by atoms with van der Waals surface area (Å²) in [5, 5.41) is 2.44. The van der Waals surface area contributed by atoms with Gasteiger partial charge in [0.05, 0.1) is 23.2 Å². The monoisotopic (exact) mass is 398 g/mol. The van der Waals surface area contributed by atoms with Crippen LogP contribution in [0.1, 0.15) is 23.5 Å². The molecule has 2 aromatic carbocycles. The fourth-order valence-corrected chi connectivity index (χ4v) is 3.47. The average molecular weight is 398 g/mol. The van der Waals surface area contributed by atoms with Gasteiger partial charge >= 0.3 is 6.18 Å². The number of sulfonamides is 1. The molecular weight excluding hydrogens is 381 g/mol. The van der Waals surface area contributed by atoms with E-state index in [0.29, 0.717) is 6.42 Å². The first-order valence-corrected chi connectivity index (χ1v) is 9.98. The number of carbonyl (C=O) groups is 1. The number of amides is 1. The van der Waals surface area contributed by atoms with Crippen LogP contribution in [-0.2, 0) is 21.0 Å². The molecule has 0 radical (unpaired) electrons. The maximum Gasteiger partial charge on any atom is 0.416 e. The lowest BCUT2D eigenvalue weighted by atomic mass is 10.1. The minimum Gasteiger partial charge on any atom is -0.324 e. The summed E-state index contributed by atoms with van der Waals surface area (Å²) in [7, 11) is -3.72. The van der Waals surface area contributed by atoms with E-state index in [4.69, 9.17) is 0 Å². The van der Waals surface area contributed by atoms with Crippen molar-refractivity contribution in [1.29, 1.82) is 0 Å². The van der Waals surface area contributed by atoms with E-state index in [1.165, 1.54) is 0 Å². The Hall–Kier alpha value is -2.55. The Balaban J connectivity index is 1.83. The molecule has 0 bridgehead atoms. The Morgan fingerprint density at radius 1 is 1.07 bits per heavy atom. The van der Waals surface area contributed by atoms with Gasteiger partial charge in [-0.05, 0) is 36.1 Å². The van der Waals surface area contributed by atoms with E-state index < -0.39 is 27.7 Å². The van der Waals surface area contributed by atoms with E-state index in [-0.39, 0.29) is 23.2 Å². The van der Waals surface area contributed by atoms with E-state index >= 15 is 0 Å². The predicted molar refractivity (Wildman–Crippen MR) is 95.8 cm³/mol. The van der Waals surface area contributed by atoms with Gasteiger partial charge in [0, 0.05) is 5.92 Å². The number of halogens is 3. The number of hydrogen-bond donors (Lipinski definition) is 2. The van der Waals surface area contributed by atoms with Gasteiger partial charge in [-0.1, -0.05) is 30.3 Å². The van der Waals surface area contributed by atoms with Gasteiger partial charge in [0.15, 0.2) is 0 Å². The fourth-order valence-electron chi connectivity index (χ4n) is 2.89. The molecule has 0 saturated heterocycles. The van der Waals surface area contributed by atoms with Crippen molar-refractivity contribution in [2.24, 2.45) is 5.92 Å². The lowest BCUT2D eigenvalue weighted by Crippen LogP contribution is -2.18. The number of hydrogen-bond acceptors (Lipinski definition) is 3. The number of nitrogens with one attached hydrogen (secondary N) is 2. The molecule has 2 atom stereocenters. The van der Waals surface area contributed by atoms with E-state index in [0.717, 1.165) is 30.0 Å². The van der Waals surface area contributed by atoms with Crippen molar-refractivity contribution in [3.8, 4) is 0 Å². The highest BCUT2D eigenvalue weighted by Gasteiger charge is 2.44. The zero-order chi connectivity index (χ0) is 19.8. The molecule has 27 heavy (non-hydrogen) atoms. The normalized spacial score (nSPS) is 19.4. The largest absolute Gasteiger partial charge is 0.416 e. The maximum absolute atomic E-state index is 13.0. The molecule has 0 unspecified atom stereocenters. The third-order valence-electron chi connectivity index (χ3n) is 4.26. The Morgan fingerprint density at radius 3 is 2.33 bits per heavy atom. The molecule has 1 aliphatic rings. The zero-order valence-electron chi connectivity index (χ0n) is 14.2. The molecule has 1 saturated carbocycles. The van der Waals surface area contributed by atoms with E-state index in [1.807, 2.05) is 30.3 Å². The highest BCUT2D eigenvalue weighted by Crippen LogP contribution is 2.48. The molecule has 2 aromatic rings. The summed E-state index contributed by atoms with van der Waals surface area (Å²) in [6.07, 6.45) is -3.15. The van der Waals surface area contributed by atoms with Crippen molar-refractivity contribution >= 4 is 27.3 Å². The third kappa shape index (κ3) is 4.79. The topological polar surface area (TPSA) is 75.3 Å². The predicted octanol–water partition coefficient (Wildman–Crippen LogP) is 3.82. The highest BCUT2D eigenvalue weighted by atomic mass is 32.2. The minimum atomic E-state index is -4.62. The van der Waals surface area contributed by atoms with Gasteiger partial charge in [-0.2, -0.15) is 13.2 Å². The molecule has 2 N–H and O–H groups in total. The van der Waals surface area contributed by atoms with Crippen LogP contribution in [0.2, 0.25) is 0 Å². The second kappa shape index (κ2) is 6.88. The van der Waals surface area contributed by atoms with Crippen LogP contribution in [0.3, 0.4) is 0 Å². The molecule has 3 rings (SSSR count). The molecule has 0 heterocycles. The highest BCUT2D eigenvalue weighted by molar-refractivity contribution is 7.92. The number of anilines is 2. The van der Waals surface area contributed by atoms with Crippen molar-refractivity contribution in [2.45, 2.75) is 18.5 Å². The molecule has 0 spiro atoms. The minimum absolute atomic E-state index is 0.00307. The standard InChI is InChI=1S/C18H17F3N2O3S/c1-27(25,26)23-15-8-7-12(18(19,20)21)9-16(15)22-17(24)14-10-13(14)11-5-3-2-4-6-11/h2-9,13-14,23H,10H2,1H3,(H,22,24)/t13-,14+/m1/s1. The van der Waals surface area contributed by atoms with E-state index in [2.05, 4.69) is 10.0 Å². The molecule has 144 valence electrons. The molecule has 0 aromatic heterocycles. The first kappa shape index (κ1) is 19.2. The zero-order valence-corrected chi connectivity index (χ0v) is 15.1. The SMILES string of the molecule is CS(=O)(=O)Nc1ccc(C(F)(F)F)cc1NC(=O)[C@H]1C[C@@H]1c1ccccc1. The first-order valence-electron chi connectivity index (χ1n) is 8.09. The van der Waals surface area contributed by atoms with Gasteiger partial charge in [-0.15, -0.1) is 0 Å². The van der Waals surface area contributed by atoms with Crippen LogP contribution in [0.5, 0.6) is 0 Å². The lowest BCUT2D eigenvalue weighted by molar-refractivity contribution is -0.137. The van der Waals surface area contributed by atoms with Crippen molar-refractivity contribution in [2.75, 3.05) is 16.3 Å². The van der Waals surface area contributed by atoms with Crippen LogP contribution in [0.25, 0.3) is 0 Å². The van der Waals surface area contributed by atoms with Crippen LogP contribution in [0.4, 0.5) is 24.5 Å². The summed E-state index contributed by atoms with van der Waals surface area (Å²) in [5.41, 5.74) is -0.335. The molecule has 1 fully saturated rings. The Morgan fingerprint density at radius 2 is 1.74 bits per heavy atom. The van der Waals surface area contributed by atoms with Gasteiger partial charge in [-0.3, -0.25) is 9.52 Å². The summed E-state index contributed by atoms with van der Waals surface area (Å²) < 4.78 is 64.0. The van der Waals surface area contributed by atoms with Gasteiger partial charge in [-0.25, -0.2) is 8.42 Å². The van der Waals surface area contributed by atoms with Crippen LogP contribution < -0.4 is 10.0 Å². The number of alkyl halides is 3. The number of rotatable bonds is 5. The Kier molecular flexibility index (Phi) is 4.90. The summed E-state index contributed by atoms with van der Waals surface area (Å²) in [6, 6.07) is 11.8. The van der Waals surface area contributed by atoms with Crippen LogP contribution in [0.15, 0.2) is 48.5 Å². The summed E-state index contributed by atoms with van der Waals surface area (Å²) in [4.78, 5) is 12.5. The van der Waals surface area contributed by atoms with Crippen molar-refractivity contribution in [1.82, 2.24) is 0 Å². The molecule has 5 nitrogen and oxygen atoms in total. The second-order valence-electron chi connectivity index (χ2n) is 6.48. The lowest BCUT2D eigenvalue weighted by Gasteiger charge is -2.15. The Labute approximate surface area is 154 Å². The summed E-state index contributed by atoms with van der Waals surface area (Å²) >= 11 is 0. The Bertz CT molecular complexity index is 960. The molecule has 1 amide bonds. The fraction of sp³-hybridized carbons (Fsp3) is 0.278. The van der Waals surface area contributed by atoms with E-state index in [1.54, 1.807) is 0 Å². The first-order chi connectivity index (χ1) is 12.5. The maximum atomic E-state index is 13.0. The van der Waals surface area contributed by atoms with Crippen LogP contribution in [0, 0.1) is 5.92 Å². The summed E-state index contributed by atoms with van der Waals surface area (Å²) in [5.74, 6) is -0.809. The summed E-state index contributed by atoms with van der Waals surface area (Å²) in [6.45, 7) is 0. The van der Waals surface area contributed by atoms with Crippen molar-refractivity contribution in [3.05, 3.63) is 59.7 Å². The average Bonchev–Trinajstić information content (AvgIpc) is 3.36. The van der Waals surface area contributed by atoms with Crippen LogP contribution >= 0.6 is 0 Å². The van der Waals surface area contributed by atoms with Gasteiger partial charge in [0.25, 0.3) is 0 Å². The molecule has 9 heteroatoms. The number of benzene rings is 2. The van der Waals surface area contributed by atoms with Gasteiger partial charge in [0.1, 0.15) is 0 Å². The molecular formula is C18H17F3N2O3S. The van der Waals surface area contributed by atoms with Crippen molar-refractivity contribution < 1.29 is 26.4 Å². The molecule has 1 aliphatic carbocycles. The quantitative estimate of drug-likeness (QED) is 0.804. The van der Waals surface area contributed by atoms with Gasteiger partial charge in [0.2, 0.25) is 15.9 Å². The van der Waals surface area contributed by atoms with Crippen molar-refractivity contribution in [3.63, 3.8) is 0 Å². The molecule has 0 aliphatic heterocycles. The third-order valence-corrected chi connectivity index (χ3v) is 4.85. The van der Waals surface area contributed by atoms with Gasteiger partial charge < -0.3 is 5.32 Å². The van der Waals surface area contributed by atoms with E-state index in [9.17, 15) is 26.4 Å².